The molecule has 1 aliphatic heterocycles. The molecule has 3 nitrogen and oxygen atoms in total. The molecule has 0 radical (unpaired) electrons. The largest absolute Gasteiger partial charge is 0.384 e. The number of carbonyl (C=O) groups is 1. The maximum Gasteiger partial charge on any atom is 0.224 e. The van der Waals surface area contributed by atoms with Crippen LogP contribution in [0.4, 0.5) is 11.4 Å². The van der Waals surface area contributed by atoms with E-state index in [-0.39, 0.29) is 5.91 Å². The van der Waals surface area contributed by atoms with Crippen LogP contribution in [0.15, 0.2) is 42.5 Å². The average molecular weight is 280 g/mol. The van der Waals surface area contributed by atoms with Crippen molar-refractivity contribution in [1.29, 1.82) is 0 Å². The lowest BCUT2D eigenvalue weighted by molar-refractivity contribution is -0.116. The molecule has 1 amide bonds. The minimum atomic E-state index is 0.0708. The number of aryl methyl sites for hydroxylation is 2. The van der Waals surface area contributed by atoms with Crippen LogP contribution < -0.4 is 10.6 Å². The summed E-state index contributed by atoms with van der Waals surface area (Å²) in [5.74, 6) is 0.0708. The lowest BCUT2D eigenvalue weighted by Crippen LogP contribution is -2.12. The van der Waals surface area contributed by atoms with Crippen molar-refractivity contribution in [3.05, 3.63) is 59.2 Å². The summed E-state index contributed by atoms with van der Waals surface area (Å²) in [7, 11) is 0. The van der Waals surface area contributed by atoms with E-state index in [0.717, 1.165) is 25.1 Å². The van der Waals surface area contributed by atoms with E-state index in [9.17, 15) is 4.79 Å². The summed E-state index contributed by atoms with van der Waals surface area (Å²) in [6.45, 7) is 3.05. The topological polar surface area (TPSA) is 41.1 Å². The molecule has 0 aliphatic carbocycles. The Morgan fingerprint density at radius 2 is 2.00 bits per heavy atom. The van der Waals surface area contributed by atoms with Gasteiger partial charge < -0.3 is 10.6 Å². The van der Waals surface area contributed by atoms with E-state index < -0.39 is 0 Å². The molecule has 0 aromatic heterocycles. The van der Waals surface area contributed by atoms with E-state index in [1.807, 2.05) is 12.1 Å². The third kappa shape index (κ3) is 3.43. The van der Waals surface area contributed by atoms with Gasteiger partial charge in [-0.15, -0.1) is 0 Å². The summed E-state index contributed by atoms with van der Waals surface area (Å²) in [5, 5.41) is 6.31. The highest BCUT2D eigenvalue weighted by Gasteiger charge is 2.11. The van der Waals surface area contributed by atoms with Crippen LogP contribution in [0.25, 0.3) is 0 Å². The fourth-order valence-electron chi connectivity index (χ4n) is 2.62. The zero-order valence-corrected chi connectivity index (χ0v) is 12.3. The van der Waals surface area contributed by atoms with Crippen LogP contribution in [0.1, 0.15) is 23.1 Å². The first kappa shape index (κ1) is 13.7. The van der Waals surface area contributed by atoms with Gasteiger partial charge in [0.1, 0.15) is 0 Å². The van der Waals surface area contributed by atoms with Crippen LogP contribution in [0, 0.1) is 6.92 Å². The Hall–Kier alpha value is -2.29. The lowest BCUT2D eigenvalue weighted by Gasteiger charge is -2.07. The zero-order valence-electron chi connectivity index (χ0n) is 12.3. The quantitative estimate of drug-likeness (QED) is 0.899. The molecule has 0 atom stereocenters. The number of hydrogen-bond acceptors (Lipinski definition) is 2. The molecular weight excluding hydrogens is 260 g/mol. The highest BCUT2D eigenvalue weighted by molar-refractivity contribution is 5.91. The van der Waals surface area contributed by atoms with Crippen molar-refractivity contribution in [2.45, 2.75) is 26.2 Å². The Balaban J connectivity index is 1.55. The molecule has 1 heterocycles. The van der Waals surface area contributed by atoms with E-state index in [0.29, 0.717) is 6.42 Å². The second kappa shape index (κ2) is 6.00. The van der Waals surface area contributed by atoms with Gasteiger partial charge in [-0.1, -0.05) is 29.8 Å². The SMILES string of the molecule is Cc1ccc(CCC(=O)Nc2ccc3c(c2)CCN3)cc1. The third-order valence-corrected chi connectivity index (χ3v) is 3.86. The van der Waals surface area contributed by atoms with Crippen molar-refractivity contribution in [3.63, 3.8) is 0 Å². The molecule has 108 valence electrons. The van der Waals surface area contributed by atoms with Crippen molar-refractivity contribution in [3.8, 4) is 0 Å². The summed E-state index contributed by atoms with van der Waals surface area (Å²) >= 11 is 0. The van der Waals surface area contributed by atoms with E-state index >= 15 is 0 Å². The molecule has 2 N–H and O–H groups in total. The molecule has 21 heavy (non-hydrogen) atoms. The molecule has 0 unspecified atom stereocenters. The van der Waals surface area contributed by atoms with E-state index in [2.05, 4.69) is 47.9 Å². The molecule has 0 fully saturated rings. The van der Waals surface area contributed by atoms with Gasteiger partial charge in [-0.2, -0.15) is 0 Å². The Morgan fingerprint density at radius 1 is 1.19 bits per heavy atom. The van der Waals surface area contributed by atoms with Gasteiger partial charge in [0, 0.05) is 24.3 Å². The second-order valence-corrected chi connectivity index (χ2v) is 5.58. The van der Waals surface area contributed by atoms with Crippen molar-refractivity contribution >= 4 is 17.3 Å². The second-order valence-electron chi connectivity index (χ2n) is 5.58. The van der Waals surface area contributed by atoms with Crippen molar-refractivity contribution in [1.82, 2.24) is 0 Å². The minimum absolute atomic E-state index is 0.0708. The number of hydrogen-bond donors (Lipinski definition) is 2. The highest BCUT2D eigenvalue weighted by Crippen LogP contribution is 2.25. The first-order valence-corrected chi connectivity index (χ1v) is 7.43. The van der Waals surface area contributed by atoms with Gasteiger partial charge in [0.2, 0.25) is 5.91 Å². The minimum Gasteiger partial charge on any atom is -0.384 e. The number of anilines is 2. The predicted octanol–water partition coefficient (Wildman–Crippen LogP) is 3.53. The monoisotopic (exact) mass is 280 g/mol. The van der Waals surface area contributed by atoms with Gasteiger partial charge in [-0.05, 0) is 49.1 Å². The number of rotatable bonds is 4. The molecule has 2 aromatic rings. The van der Waals surface area contributed by atoms with Crippen LogP contribution in [0.2, 0.25) is 0 Å². The number of fused-ring (bicyclic) bond motifs is 1. The molecule has 3 heteroatoms. The first-order chi connectivity index (χ1) is 10.2. The Morgan fingerprint density at radius 3 is 2.81 bits per heavy atom. The Bertz CT molecular complexity index is 647. The van der Waals surface area contributed by atoms with E-state index in [4.69, 9.17) is 0 Å². The van der Waals surface area contributed by atoms with Gasteiger partial charge in [-0.3, -0.25) is 4.79 Å². The van der Waals surface area contributed by atoms with Crippen molar-refractivity contribution in [2.24, 2.45) is 0 Å². The standard InChI is InChI=1S/C18H20N2O/c1-13-2-4-14(5-3-13)6-9-18(21)20-16-7-8-17-15(12-16)10-11-19-17/h2-5,7-8,12,19H,6,9-11H2,1H3,(H,20,21). The maximum atomic E-state index is 12.0. The van der Waals surface area contributed by atoms with E-state index in [1.54, 1.807) is 0 Å². The number of benzene rings is 2. The summed E-state index contributed by atoms with van der Waals surface area (Å²) < 4.78 is 0. The zero-order chi connectivity index (χ0) is 14.7. The Kier molecular flexibility index (Phi) is 3.91. The smallest absolute Gasteiger partial charge is 0.224 e. The van der Waals surface area contributed by atoms with Crippen LogP contribution in [0.5, 0.6) is 0 Å². The highest BCUT2D eigenvalue weighted by atomic mass is 16.1. The molecule has 3 rings (SSSR count). The van der Waals surface area contributed by atoms with Crippen LogP contribution in [-0.2, 0) is 17.6 Å². The van der Waals surface area contributed by atoms with E-state index in [1.165, 1.54) is 22.4 Å². The van der Waals surface area contributed by atoms with Gasteiger partial charge in [-0.25, -0.2) is 0 Å². The summed E-state index contributed by atoms with van der Waals surface area (Å²) in [6.07, 6.45) is 2.32. The molecule has 1 aliphatic rings. The summed E-state index contributed by atoms with van der Waals surface area (Å²) in [6, 6.07) is 14.4. The molecule has 0 spiro atoms. The van der Waals surface area contributed by atoms with Crippen molar-refractivity contribution in [2.75, 3.05) is 17.2 Å². The molecular formula is C18H20N2O. The number of amides is 1. The molecule has 2 aromatic carbocycles. The molecule has 0 saturated carbocycles. The van der Waals surface area contributed by atoms with Gasteiger partial charge >= 0.3 is 0 Å². The normalized spacial score (nSPS) is 12.6. The van der Waals surface area contributed by atoms with Crippen LogP contribution in [0.3, 0.4) is 0 Å². The average Bonchev–Trinajstić information content (AvgIpc) is 2.94. The maximum absolute atomic E-state index is 12.0. The first-order valence-electron chi connectivity index (χ1n) is 7.43. The predicted molar refractivity (Wildman–Crippen MR) is 86.8 cm³/mol. The number of nitrogens with one attached hydrogen (secondary N) is 2. The fourth-order valence-corrected chi connectivity index (χ4v) is 2.62. The molecule has 0 saturated heterocycles. The fraction of sp³-hybridized carbons (Fsp3) is 0.278. The Labute approximate surface area is 125 Å². The van der Waals surface area contributed by atoms with Gasteiger partial charge in [0.05, 0.1) is 0 Å². The van der Waals surface area contributed by atoms with Crippen LogP contribution >= 0.6 is 0 Å². The van der Waals surface area contributed by atoms with Crippen LogP contribution in [-0.4, -0.2) is 12.5 Å². The lowest BCUT2D eigenvalue weighted by atomic mass is 10.1. The van der Waals surface area contributed by atoms with Crippen molar-refractivity contribution < 1.29 is 4.79 Å². The summed E-state index contributed by atoms with van der Waals surface area (Å²) in [4.78, 5) is 12.0. The number of carbonyl (C=O) groups excluding carboxylic acids is 1. The third-order valence-electron chi connectivity index (χ3n) is 3.86. The molecule has 0 bridgehead atoms. The summed E-state index contributed by atoms with van der Waals surface area (Å²) in [5.41, 5.74) is 5.81. The van der Waals surface area contributed by atoms with Gasteiger partial charge in [0.25, 0.3) is 0 Å². The van der Waals surface area contributed by atoms with Gasteiger partial charge in [0.15, 0.2) is 0 Å².